The normalized spacial score (nSPS) is 23.9. The molecule has 1 saturated heterocycles. The van der Waals surface area contributed by atoms with Crippen LogP contribution >= 0.6 is 8.25 Å². The molecular weight excluding hydrogens is 503 g/mol. The minimum absolute atomic E-state index is 0.268. The number of hydrogen-bond acceptors (Lipinski definition) is 7. The van der Waals surface area contributed by atoms with E-state index in [-0.39, 0.29) is 6.10 Å². The summed E-state index contributed by atoms with van der Waals surface area (Å²) in [5.41, 5.74) is 3.04. The van der Waals surface area contributed by atoms with Crippen molar-refractivity contribution < 1.29 is 32.6 Å². The average molecular weight is 540 g/mol. The van der Waals surface area contributed by atoms with Gasteiger partial charge < -0.3 is 18.9 Å². The van der Waals surface area contributed by atoms with Crippen LogP contribution in [0.3, 0.4) is 0 Å². The molecule has 1 fully saturated rings. The SMILES string of the molecule is CC(C)O[P+](=O)O[C@@H]1O[C@@H](C)[C@H](OCc2ccccc2)[C@@H](OCc2ccccc2)[C@H]1OCc1ccccc1. The minimum atomic E-state index is -2.44. The molecule has 0 aromatic heterocycles. The van der Waals surface area contributed by atoms with Gasteiger partial charge in [0.2, 0.25) is 6.29 Å². The Morgan fingerprint density at radius 2 is 1.11 bits per heavy atom. The minimum Gasteiger partial charge on any atom is -0.368 e. The quantitative estimate of drug-likeness (QED) is 0.227. The Kier molecular flexibility index (Phi) is 11.0. The van der Waals surface area contributed by atoms with Gasteiger partial charge in [-0.15, -0.1) is 4.52 Å². The summed E-state index contributed by atoms with van der Waals surface area (Å²) < 4.78 is 49.2. The Labute approximate surface area is 225 Å². The Hall–Kier alpha value is -2.48. The molecule has 1 aliphatic rings. The van der Waals surface area contributed by atoms with Gasteiger partial charge in [-0.2, -0.15) is 0 Å². The second kappa shape index (κ2) is 14.6. The third-order valence-corrected chi connectivity index (χ3v) is 7.04. The molecule has 202 valence electrons. The van der Waals surface area contributed by atoms with Crippen LogP contribution in [-0.4, -0.2) is 36.8 Å². The number of benzene rings is 3. The first-order valence-electron chi connectivity index (χ1n) is 12.9. The summed E-state index contributed by atoms with van der Waals surface area (Å²) >= 11 is 0. The standard InChI is InChI=1S/C30H36O7P/c1-22(2)36-38(31)37-30-29(34-21-26-17-11-6-12-18-26)28(33-20-25-15-9-5-10-16-25)27(23(3)35-30)32-19-24-13-7-4-8-14-24/h4-18,22-23,27-30H,19-21H2,1-3H3/q+1/t23-,27-,28+,29+,30-/m0/s1. The lowest BCUT2D eigenvalue weighted by atomic mass is 9.98. The molecule has 38 heavy (non-hydrogen) atoms. The zero-order chi connectivity index (χ0) is 26.7. The van der Waals surface area contributed by atoms with E-state index in [0.29, 0.717) is 19.8 Å². The largest absolute Gasteiger partial charge is 0.700 e. The summed E-state index contributed by atoms with van der Waals surface area (Å²) in [5, 5.41) is 0. The van der Waals surface area contributed by atoms with Crippen LogP contribution in [0.2, 0.25) is 0 Å². The Bertz CT molecular complexity index is 1100. The highest BCUT2D eigenvalue weighted by molar-refractivity contribution is 7.33. The highest BCUT2D eigenvalue weighted by atomic mass is 31.1. The van der Waals surface area contributed by atoms with Crippen molar-refractivity contribution in [2.45, 2.75) is 77.4 Å². The Morgan fingerprint density at radius 3 is 1.55 bits per heavy atom. The van der Waals surface area contributed by atoms with Gasteiger partial charge in [0.15, 0.2) is 0 Å². The van der Waals surface area contributed by atoms with Crippen LogP contribution in [0.1, 0.15) is 37.5 Å². The van der Waals surface area contributed by atoms with Crippen LogP contribution in [0.5, 0.6) is 0 Å². The summed E-state index contributed by atoms with van der Waals surface area (Å²) in [5.74, 6) is 0. The van der Waals surface area contributed by atoms with Crippen LogP contribution in [0.4, 0.5) is 0 Å². The van der Waals surface area contributed by atoms with Crippen LogP contribution < -0.4 is 0 Å². The molecule has 0 bridgehead atoms. The zero-order valence-corrected chi connectivity index (χ0v) is 22.9. The smallest absolute Gasteiger partial charge is 0.368 e. The maximum atomic E-state index is 12.6. The lowest BCUT2D eigenvalue weighted by molar-refractivity contribution is -0.301. The van der Waals surface area contributed by atoms with Gasteiger partial charge in [-0.1, -0.05) is 95.5 Å². The van der Waals surface area contributed by atoms with Gasteiger partial charge in [-0.3, -0.25) is 0 Å². The van der Waals surface area contributed by atoms with Crippen molar-refractivity contribution in [3.63, 3.8) is 0 Å². The topological polar surface area (TPSA) is 72.5 Å². The molecule has 1 unspecified atom stereocenters. The van der Waals surface area contributed by atoms with Crippen LogP contribution in [0.15, 0.2) is 91.0 Å². The third-order valence-electron chi connectivity index (χ3n) is 6.07. The van der Waals surface area contributed by atoms with E-state index in [1.165, 1.54) is 0 Å². The van der Waals surface area contributed by atoms with E-state index in [1.807, 2.05) is 97.9 Å². The zero-order valence-electron chi connectivity index (χ0n) is 22.1. The van der Waals surface area contributed by atoms with E-state index in [9.17, 15) is 4.57 Å². The van der Waals surface area contributed by atoms with Gasteiger partial charge in [-0.05, 0) is 37.5 Å². The molecule has 8 heteroatoms. The van der Waals surface area contributed by atoms with Crippen LogP contribution in [-0.2, 0) is 52.4 Å². The fraction of sp³-hybridized carbons (Fsp3) is 0.400. The van der Waals surface area contributed by atoms with Crippen molar-refractivity contribution in [2.75, 3.05) is 0 Å². The Morgan fingerprint density at radius 1 is 0.684 bits per heavy atom. The van der Waals surface area contributed by atoms with Crippen molar-refractivity contribution in [2.24, 2.45) is 0 Å². The molecule has 1 heterocycles. The molecule has 7 nitrogen and oxygen atoms in total. The highest BCUT2D eigenvalue weighted by Crippen LogP contribution is 2.37. The first-order valence-corrected chi connectivity index (χ1v) is 14.0. The van der Waals surface area contributed by atoms with Crippen molar-refractivity contribution in [1.29, 1.82) is 0 Å². The van der Waals surface area contributed by atoms with E-state index in [1.54, 1.807) is 13.8 Å². The number of hydrogen-bond donors (Lipinski definition) is 0. The van der Waals surface area contributed by atoms with Gasteiger partial charge in [0.1, 0.15) is 24.4 Å². The maximum Gasteiger partial charge on any atom is 0.700 e. The van der Waals surface area contributed by atoms with E-state index < -0.39 is 39.0 Å². The van der Waals surface area contributed by atoms with Crippen LogP contribution in [0, 0.1) is 0 Å². The predicted molar refractivity (Wildman–Crippen MR) is 144 cm³/mol. The average Bonchev–Trinajstić information content (AvgIpc) is 2.92. The number of rotatable bonds is 13. The molecule has 0 saturated carbocycles. The molecule has 0 amide bonds. The first kappa shape index (κ1) is 28.5. The molecule has 4 rings (SSSR count). The van der Waals surface area contributed by atoms with Crippen molar-refractivity contribution in [3.8, 4) is 0 Å². The fourth-order valence-corrected chi connectivity index (χ4v) is 4.97. The monoisotopic (exact) mass is 539 g/mol. The molecule has 6 atom stereocenters. The van der Waals surface area contributed by atoms with Gasteiger partial charge in [0, 0.05) is 4.57 Å². The predicted octanol–water partition coefficient (Wildman–Crippen LogP) is 6.59. The molecule has 1 aliphatic heterocycles. The maximum absolute atomic E-state index is 12.6. The molecular formula is C30H36O7P+. The fourth-order valence-electron chi connectivity index (χ4n) is 4.24. The van der Waals surface area contributed by atoms with Crippen molar-refractivity contribution in [3.05, 3.63) is 108 Å². The van der Waals surface area contributed by atoms with Gasteiger partial charge in [0.05, 0.1) is 25.9 Å². The summed E-state index contributed by atoms with van der Waals surface area (Å²) in [6, 6.07) is 29.7. The van der Waals surface area contributed by atoms with Gasteiger partial charge in [-0.25, -0.2) is 0 Å². The molecule has 0 radical (unpaired) electrons. The van der Waals surface area contributed by atoms with Crippen LogP contribution in [0.25, 0.3) is 0 Å². The lowest BCUT2D eigenvalue weighted by Crippen LogP contribution is -2.59. The molecule has 3 aromatic carbocycles. The molecule has 0 N–H and O–H groups in total. The molecule has 0 spiro atoms. The second-order valence-corrected chi connectivity index (χ2v) is 10.3. The summed E-state index contributed by atoms with van der Waals surface area (Å²) in [6.07, 6.45) is -3.44. The second-order valence-electron chi connectivity index (χ2n) is 9.48. The lowest BCUT2D eigenvalue weighted by Gasteiger charge is -2.43. The van der Waals surface area contributed by atoms with Crippen molar-refractivity contribution >= 4 is 8.25 Å². The summed E-state index contributed by atoms with van der Waals surface area (Å²) in [7, 11) is -2.44. The third kappa shape index (κ3) is 8.52. The van der Waals surface area contributed by atoms with E-state index >= 15 is 0 Å². The van der Waals surface area contributed by atoms with E-state index in [0.717, 1.165) is 16.7 Å². The summed E-state index contributed by atoms with van der Waals surface area (Å²) in [4.78, 5) is 0. The Balaban J connectivity index is 1.58. The highest BCUT2D eigenvalue weighted by Gasteiger charge is 2.51. The first-order chi connectivity index (χ1) is 18.5. The summed E-state index contributed by atoms with van der Waals surface area (Å²) in [6.45, 7) is 6.51. The van der Waals surface area contributed by atoms with E-state index in [4.69, 9.17) is 28.0 Å². The van der Waals surface area contributed by atoms with Crippen molar-refractivity contribution in [1.82, 2.24) is 0 Å². The van der Waals surface area contributed by atoms with E-state index in [2.05, 4.69) is 0 Å². The molecule has 3 aromatic rings. The van der Waals surface area contributed by atoms with Gasteiger partial charge in [0.25, 0.3) is 0 Å². The molecule has 0 aliphatic carbocycles. The number of ether oxygens (including phenoxy) is 4. The van der Waals surface area contributed by atoms with Gasteiger partial charge >= 0.3 is 8.25 Å².